The van der Waals surface area contributed by atoms with Crippen molar-refractivity contribution in [2.45, 2.75) is 25.7 Å². The SMILES string of the molecule is CCOCC(=O)N1CCCC(c2cc(N3CCNCC3)n[nH]2)C1. The molecule has 2 fully saturated rings. The number of carbonyl (C=O) groups excluding carboxylic acids is 1. The van der Waals surface area contributed by atoms with Gasteiger partial charge in [0.1, 0.15) is 6.61 Å². The van der Waals surface area contributed by atoms with Crippen LogP contribution in [0.3, 0.4) is 0 Å². The number of aromatic amines is 1. The molecule has 1 unspecified atom stereocenters. The van der Waals surface area contributed by atoms with Crippen molar-refractivity contribution in [3.05, 3.63) is 11.8 Å². The van der Waals surface area contributed by atoms with E-state index in [1.807, 2.05) is 11.8 Å². The lowest BCUT2D eigenvalue weighted by Gasteiger charge is -2.32. The molecule has 1 aromatic rings. The highest BCUT2D eigenvalue weighted by molar-refractivity contribution is 5.77. The van der Waals surface area contributed by atoms with Gasteiger partial charge in [-0.1, -0.05) is 0 Å². The van der Waals surface area contributed by atoms with Crippen molar-refractivity contribution in [2.75, 3.05) is 57.4 Å². The van der Waals surface area contributed by atoms with Crippen molar-refractivity contribution in [2.24, 2.45) is 0 Å². The number of likely N-dealkylation sites (tertiary alicyclic amines) is 1. The number of ether oxygens (including phenoxy) is 1. The largest absolute Gasteiger partial charge is 0.372 e. The number of hydrogen-bond donors (Lipinski definition) is 2. The third-order valence-electron chi connectivity index (χ3n) is 4.67. The normalized spacial score (nSPS) is 22.4. The summed E-state index contributed by atoms with van der Waals surface area (Å²) < 4.78 is 5.25. The maximum atomic E-state index is 12.1. The highest BCUT2D eigenvalue weighted by atomic mass is 16.5. The van der Waals surface area contributed by atoms with E-state index in [1.165, 1.54) is 0 Å². The van der Waals surface area contributed by atoms with Gasteiger partial charge in [-0.3, -0.25) is 9.89 Å². The van der Waals surface area contributed by atoms with Crippen LogP contribution in [0.1, 0.15) is 31.4 Å². The summed E-state index contributed by atoms with van der Waals surface area (Å²) in [6, 6.07) is 2.16. The number of nitrogens with zero attached hydrogens (tertiary/aromatic N) is 3. The Kier molecular flexibility index (Phi) is 5.51. The van der Waals surface area contributed by atoms with E-state index < -0.39 is 0 Å². The maximum absolute atomic E-state index is 12.1. The summed E-state index contributed by atoms with van der Waals surface area (Å²) in [7, 11) is 0. The third-order valence-corrected chi connectivity index (χ3v) is 4.67. The molecule has 128 valence electrons. The first-order valence-corrected chi connectivity index (χ1v) is 8.64. The molecule has 3 rings (SSSR count). The van der Waals surface area contributed by atoms with Gasteiger partial charge in [0.05, 0.1) is 0 Å². The van der Waals surface area contributed by atoms with Crippen LogP contribution in [0, 0.1) is 0 Å². The van der Waals surface area contributed by atoms with Crippen LogP contribution < -0.4 is 10.2 Å². The zero-order chi connectivity index (χ0) is 16.1. The van der Waals surface area contributed by atoms with Gasteiger partial charge in [0, 0.05) is 63.6 Å². The van der Waals surface area contributed by atoms with E-state index in [0.29, 0.717) is 12.5 Å². The van der Waals surface area contributed by atoms with E-state index in [4.69, 9.17) is 4.74 Å². The molecule has 2 aliphatic rings. The summed E-state index contributed by atoms with van der Waals surface area (Å²) in [5.74, 6) is 1.47. The van der Waals surface area contributed by atoms with Crippen LogP contribution in [-0.4, -0.2) is 73.5 Å². The Hall–Kier alpha value is -1.60. The van der Waals surface area contributed by atoms with Gasteiger partial charge in [-0.25, -0.2) is 0 Å². The standard InChI is InChI=1S/C16H27N5O2/c1-2-23-12-16(22)21-7-3-4-13(11-21)14-10-15(19-18-14)20-8-5-17-6-9-20/h10,13,17H,2-9,11-12H2,1H3,(H,18,19). The fraction of sp³-hybridized carbons (Fsp3) is 0.750. The molecule has 0 radical (unpaired) electrons. The Morgan fingerprint density at radius 2 is 2.22 bits per heavy atom. The highest BCUT2D eigenvalue weighted by Gasteiger charge is 2.26. The molecule has 1 aromatic heterocycles. The number of piperidine rings is 1. The van der Waals surface area contributed by atoms with Crippen molar-refractivity contribution >= 4 is 11.7 Å². The molecule has 2 aliphatic heterocycles. The summed E-state index contributed by atoms with van der Waals surface area (Å²) in [5, 5.41) is 11.0. The maximum Gasteiger partial charge on any atom is 0.248 e. The number of H-pyrrole nitrogens is 1. The van der Waals surface area contributed by atoms with Crippen LogP contribution in [-0.2, 0) is 9.53 Å². The number of hydrogen-bond acceptors (Lipinski definition) is 5. The van der Waals surface area contributed by atoms with E-state index in [0.717, 1.165) is 63.6 Å². The Morgan fingerprint density at radius 1 is 1.39 bits per heavy atom. The average Bonchev–Trinajstić information content (AvgIpc) is 3.11. The molecule has 3 heterocycles. The summed E-state index contributed by atoms with van der Waals surface area (Å²) in [6.07, 6.45) is 2.13. The van der Waals surface area contributed by atoms with Gasteiger partial charge >= 0.3 is 0 Å². The second-order valence-electron chi connectivity index (χ2n) is 6.23. The van der Waals surface area contributed by atoms with Gasteiger partial charge in [0.25, 0.3) is 0 Å². The van der Waals surface area contributed by atoms with Crippen molar-refractivity contribution in [3.63, 3.8) is 0 Å². The molecule has 7 nitrogen and oxygen atoms in total. The van der Waals surface area contributed by atoms with Gasteiger partial charge in [-0.05, 0) is 19.8 Å². The van der Waals surface area contributed by atoms with Crippen LogP contribution in [0.25, 0.3) is 0 Å². The number of carbonyl (C=O) groups is 1. The van der Waals surface area contributed by atoms with Crippen LogP contribution in [0.2, 0.25) is 0 Å². The van der Waals surface area contributed by atoms with E-state index in [2.05, 4.69) is 26.5 Å². The minimum atomic E-state index is 0.0957. The van der Waals surface area contributed by atoms with Crippen LogP contribution in [0.15, 0.2) is 6.07 Å². The highest BCUT2D eigenvalue weighted by Crippen LogP contribution is 2.27. The predicted octanol–water partition coefficient (Wildman–Crippen LogP) is 0.562. The van der Waals surface area contributed by atoms with E-state index in [-0.39, 0.29) is 12.5 Å². The molecule has 2 saturated heterocycles. The van der Waals surface area contributed by atoms with Gasteiger partial charge in [0.2, 0.25) is 5.91 Å². The van der Waals surface area contributed by atoms with Crippen molar-refractivity contribution in [3.8, 4) is 0 Å². The number of nitrogens with one attached hydrogen (secondary N) is 2. The van der Waals surface area contributed by atoms with Crippen LogP contribution in [0.5, 0.6) is 0 Å². The molecule has 1 atom stereocenters. The molecular formula is C16H27N5O2. The minimum Gasteiger partial charge on any atom is -0.372 e. The molecule has 0 aromatic carbocycles. The summed E-state index contributed by atoms with van der Waals surface area (Å²) in [5.41, 5.74) is 1.15. The summed E-state index contributed by atoms with van der Waals surface area (Å²) in [4.78, 5) is 16.4. The third kappa shape index (κ3) is 4.03. The van der Waals surface area contributed by atoms with E-state index in [1.54, 1.807) is 0 Å². The number of piperazine rings is 1. The predicted molar refractivity (Wildman–Crippen MR) is 88.7 cm³/mol. The Morgan fingerprint density at radius 3 is 3.00 bits per heavy atom. The molecule has 23 heavy (non-hydrogen) atoms. The molecule has 1 amide bonds. The monoisotopic (exact) mass is 321 g/mol. The van der Waals surface area contributed by atoms with Gasteiger partial charge < -0.3 is 19.9 Å². The van der Waals surface area contributed by atoms with Crippen molar-refractivity contribution < 1.29 is 9.53 Å². The molecule has 0 bridgehead atoms. The zero-order valence-electron chi connectivity index (χ0n) is 13.9. The van der Waals surface area contributed by atoms with Gasteiger partial charge in [-0.2, -0.15) is 5.10 Å². The smallest absolute Gasteiger partial charge is 0.248 e. The number of anilines is 1. The molecule has 7 heteroatoms. The first-order valence-electron chi connectivity index (χ1n) is 8.64. The first-order chi connectivity index (χ1) is 11.3. The van der Waals surface area contributed by atoms with E-state index >= 15 is 0 Å². The second kappa shape index (κ2) is 7.79. The average molecular weight is 321 g/mol. The number of rotatable bonds is 5. The molecular weight excluding hydrogens is 294 g/mol. The quantitative estimate of drug-likeness (QED) is 0.829. The second-order valence-corrected chi connectivity index (χ2v) is 6.23. The molecule has 0 aliphatic carbocycles. The van der Waals surface area contributed by atoms with E-state index in [9.17, 15) is 4.79 Å². The Bertz CT molecular complexity index is 512. The van der Waals surface area contributed by atoms with Crippen molar-refractivity contribution in [1.82, 2.24) is 20.4 Å². The fourth-order valence-electron chi connectivity index (χ4n) is 3.33. The number of amides is 1. The first kappa shape index (κ1) is 16.3. The molecule has 0 saturated carbocycles. The lowest BCUT2D eigenvalue weighted by Crippen LogP contribution is -2.43. The van der Waals surface area contributed by atoms with Gasteiger partial charge in [0.15, 0.2) is 5.82 Å². The topological polar surface area (TPSA) is 73.5 Å². The lowest BCUT2D eigenvalue weighted by atomic mass is 9.95. The van der Waals surface area contributed by atoms with Gasteiger partial charge in [-0.15, -0.1) is 0 Å². The Labute approximate surface area is 137 Å². The fourth-order valence-corrected chi connectivity index (χ4v) is 3.33. The lowest BCUT2D eigenvalue weighted by molar-refractivity contribution is -0.137. The van der Waals surface area contributed by atoms with Crippen LogP contribution >= 0.6 is 0 Å². The summed E-state index contributed by atoms with van der Waals surface area (Å²) >= 11 is 0. The van der Waals surface area contributed by atoms with Crippen LogP contribution in [0.4, 0.5) is 5.82 Å². The number of aromatic nitrogens is 2. The zero-order valence-corrected chi connectivity index (χ0v) is 13.9. The molecule has 0 spiro atoms. The Balaban J connectivity index is 1.60. The molecule has 2 N–H and O–H groups in total. The van der Waals surface area contributed by atoms with Crippen molar-refractivity contribution in [1.29, 1.82) is 0 Å². The minimum absolute atomic E-state index is 0.0957. The summed E-state index contributed by atoms with van der Waals surface area (Å²) in [6.45, 7) is 8.28.